The van der Waals surface area contributed by atoms with E-state index in [4.69, 9.17) is 19.7 Å². The van der Waals surface area contributed by atoms with Crippen LogP contribution in [-0.2, 0) is 9.47 Å². The van der Waals surface area contributed by atoms with Crippen LogP contribution in [0.4, 0.5) is 4.79 Å². The molecule has 49 heavy (non-hydrogen) atoms. The highest BCUT2D eigenvalue weighted by Crippen LogP contribution is 2.37. The van der Waals surface area contributed by atoms with Crippen LogP contribution in [0.5, 0.6) is 17.2 Å². The van der Waals surface area contributed by atoms with Crippen LogP contribution in [0, 0.1) is 0 Å². The molecule has 7 rings (SSSR count). The molecule has 0 unspecified atom stereocenters. The molecule has 3 aliphatic rings. The smallest absolute Gasteiger partial charge is 0.507 e. The standard InChI is InChI=1S/C18H16O6.C14H8O3.C3H4O3.2CH4/c19-7-9-23-13-5-1-3-11-15(13)18(22)16-12(17(11)21)4-2-6-14(16)24-10-8-20;15-11-7-3-6-10-12(11)14(17)9-5-2-1-4-8(9)13(10)16;4-3-5-1-2-6-3;;/h1-6,19-20H,7-10H2;1-7,15H;1-2H2;2*1H4. The Labute approximate surface area is 282 Å². The minimum Gasteiger partial charge on any atom is -0.507 e. The van der Waals surface area contributed by atoms with Crippen LogP contribution in [-0.4, -0.2) is 84.2 Å². The molecule has 1 aliphatic heterocycles. The summed E-state index contributed by atoms with van der Waals surface area (Å²) in [5.41, 5.74) is 2.00. The molecular weight excluding hydrogens is 636 g/mol. The van der Waals surface area contributed by atoms with Crippen molar-refractivity contribution in [1.29, 1.82) is 0 Å². The van der Waals surface area contributed by atoms with E-state index in [9.17, 15) is 29.1 Å². The van der Waals surface area contributed by atoms with E-state index in [1.54, 1.807) is 72.8 Å². The predicted octanol–water partition coefficient (Wildman–Crippen LogP) is 4.80. The third-order valence-corrected chi connectivity index (χ3v) is 7.15. The lowest BCUT2D eigenvalue weighted by Crippen LogP contribution is -2.23. The first-order chi connectivity index (χ1) is 22.8. The number of ether oxygens (including phenoxy) is 4. The number of phenolic OH excluding ortho intramolecular Hbond substituents is 1. The van der Waals surface area contributed by atoms with Gasteiger partial charge in [0.05, 0.1) is 29.9 Å². The topological polar surface area (TPSA) is 183 Å². The number of benzene rings is 4. The van der Waals surface area contributed by atoms with E-state index in [1.165, 1.54) is 6.07 Å². The first-order valence-corrected chi connectivity index (χ1v) is 14.4. The zero-order chi connectivity index (χ0) is 33.5. The third kappa shape index (κ3) is 7.67. The molecule has 3 N–H and O–H groups in total. The molecule has 0 saturated carbocycles. The van der Waals surface area contributed by atoms with Gasteiger partial charge in [-0.05, 0) is 18.2 Å². The van der Waals surface area contributed by atoms with Crippen molar-refractivity contribution in [3.8, 4) is 17.2 Å². The molecule has 4 aromatic rings. The normalized spacial score (nSPS) is 13.1. The molecule has 0 radical (unpaired) electrons. The lowest BCUT2D eigenvalue weighted by molar-refractivity contribution is 0.0969. The van der Waals surface area contributed by atoms with E-state index in [2.05, 4.69) is 9.47 Å². The van der Waals surface area contributed by atoms with Crippen molar-refractivity contribution >= 4 is 29.3 Å². The Morgan fingerprint density at radius 1 is 0.510 bits per heavy atom. The summed E-state index contributed by atoms with van der Waals surface area (Å²) in [4.78, 5) is 59.8. The number of aliphatic hydroxyl groups excluding tert-OH is 2. The second kappa shape index (κ2) is 16.8. The van der Waals surface area contributed by atoms with Crippen molar-refractivity contribution in [2.45, 2.75) is 14.9 Å². The van der Waals surface area contributed by atoms with Crippen molar-refractivity contribution in [1.82, 2.24) is 0 Å². The number of fused-ring (bicyclic) bond motifs is 4. The molecule has 0 atom stereocenters. The number of phenols is 1. The monoisotopic (exact) mass is 672 g/mol. The summed E-state index contributed by atoms with van der Waals surface area (Å²) < 4.78 is 19.4. The zero-order valence-electron chi connectivity index (χ0n) is 24.8. The van der Waals surface area contributed by atoms with Crippen molar-refractivity contribution in [3.05, 3.63) is 123 Å². The van der Waals surface area contributed by atoms with E-state index in [1.807, 2.05) is 0 Å². The maximum absolute atomic E-state index is 13.0. The molecule has 12 nitrogen and oxygen atoms in total. The van der Waals surface area contributed by atoms with E-state index in [0.717, 1.165) is 0 Å². The fourth-order valence-electron chi connectivity index (χ4n) is 5.15. The minimum absolute atomic E-state index is 0. The highest BCUT2D eigenvalue weighted by molar-refractivity contribution is 6.30. The highest BCUT2D eigenvalue weighted by Gasteiger charge is 2.35. The van der Waals surface area contributed by atoms with Crippen molar-refractivity contribution in [2.24, 2.45) is 0 Å². The number of aliphatic hydroxyl groups is 2. The Balaban J connectivity index is 0.000000226. The Morgan fingerprint density at radius 3 is 1.37 bits per heavy atom. The summed E-state index contributed by atoms with van der Waals surface area (Å²) in [6, 6.07) is 20.8. The average molecular weight is 673 g/mol. The van der Waals surface area contributed by atoms with E-state index in [-0.39, 0.29) is 115 Å². The number of rotatable bonds is 6. The molecule has 0 amide bonds. The molecule has 12 heteroatoms. The summed E-state index contributed by atoms with van der Waals surface area (Å²) in [5, 5.41) is 27.6. The third-order valence-electron chi connectivity index (χ3n) is 7.15. The van der Waals surface area contributed by atoms with Gasteiger partial charge >= 0.3 is 6.16 Å². The van der Waals surface area contributed by atoms with Gasteiger partial charge in [0.1, 0.15) is 43.7 Å². The molecule has 0 spiro atoms. The minimum atomic E-state index is -0.546. The molecular formula is C37H36O12. The molecule has 4 aromatic carbocycles. The van der Waals surface area contributed by atoms with Crippen LogP contribution in [0.2, 0.25) is 0 Å². The lowest BCUT2D eigenvalue weighted by atomic mass is 9.83. The molecule has 1 saturated heterocycles. The molecule has 2 aliphatic carbocycles. The van der Waals surface area contributed by atoms with Gasteiger partial charge in [0.2, 0.25) is 5.78 Å². The highest BCUT2D eigenvalue weighted by atomic mass is 16.8. The molecule has 0 bridgehead atoms. The van der Waals surface area contributed by atoms with Crippen LogP contribution >= 0.6 is 0 Å². The number of carbonyl (C=O) groups is 5. The van der Waals surface area contributed by atoms with Crippen molar-refractivity contribution in [2.75, 3.05) is 39.6 Å². The van der Waals surface area contributed by atoms with Gasteiger partial charge in [-0.25, -0.2) is 4.79 Å². The number of aromatic hydroxyl groups is 1. The van der Waals surface area contributed by atoms with Crippen LogP contribution in [0.3, 0.4) is 0 Å². The van der Waals surface area contributed by atoms with Gasteiger partial charge < -0.3 is 34.3 Å². The first-order valence-electron chi connectivity index (χ1n) is 14.4. The number of ketones is 4. The van der Waals surface area contributed by atoms with Crippen LogP contribution in [0.1, 0.15) is 78.5 Å². The van der Waals surface area contributed by atoms with Crippen LogP contribution < -0.4 is 9.47 Å². The first kappa shape index (κ1) is 37.6. The molecule has 0 aromatic heterocycles. The van der Waals surface area contributed by atoms with Gasteiger partial charge in [0.15, 0.2) is 17.3 Å². The quantitative estimate of drug-likeness (QED) is 0.206. The Morgan fingerprint density at radius 2 is 0.918 bits per heavy atom. The summed E-state index contributed by atoms with van der Waals surface area (Å²) in [5.74, 6) is -0.815. The molecule has 256 valence electrons. The Kier molecular flexibility index (Phi) is 12.9. The van der Waals surface area contributed by atoms with Gasteiger partial charge in [-0.3, -0.25) is 19.2 Å². The van der Waals surface area contributed by atoms with Gasteiger partial charge in [-0.2, -0.15) is 0 Å². The summed E-state index contributed by atoms with van der Waals surface area (Å²) in [7, 11) is 0. The van der Waals surface area contributed by atoms with Gasteiger partial charge in [-0.15, -0.1) is 0 Å². The maximum atomic E-state index is 13.0. The fourth-order valence-corrected chi connectivity index (χ4v) is 5.15. The SMILES string of the molecule is C.C.O=C1OCCO1.O=C1c2cccc(OCCO)c2C(=O)c2c(OCCO)cccc21.O=C1c2ccccc2C(=O)c2c(O)cccc21. The van der Waals surface area contributed by atoms with E-state index >= 15 is 0 Å². The summed E-state index contributed by atoms with van der Waals surface area (Å²) in [6.45, 7) is 0.471. The van der Waals surface area contributed by atoms with E-state index < -0.39 is 6.16 Å². The number of cyclic esters (lactones) is 2. The Hall–Kier alpha value is -5.85. The predicted molar refractivity (Wildman–Crippen MR) is 177 cm³/mol. The van der Waals surface area contributed by atoms with Crippen LogP contribution in [0.25, 0.3) is 0 Å². The summed E-state index contributed by atoms with van der Waals surface area (Å²) >= 11 is 0. The maximum Gasteiger partial charge on any atom is 0.508 e. The lowest BCUT2D eigenvalue weighted by Gasteiger charge is -2.22. The van der Waals surface area contributed by atoms with Gasteiger partial charge in [0.25, 0.3) is 0 Å². The number of hydrogen-bond donors (Lipinski definition) is 3. The molecule has 1 heterocycles. The Bertz CT molecular complexity index is 1810. The van der Waals surface area contributed by atoms with Crippen molar-refractivity contribution < 1.29 is 58.2 Å². The molecule has 1 fully saturated rings. The van der Waals surface area contributed by atoms with Crippen molar-refractivity contribution in [3.63, 3.8) is 0 Å². The van der Waals surface area contributed by atoms with Gasteiger partial charge in [0, 0.05) is 27.8 Å². The zero-order valence-corrected chi connectivity index (χ0v) is 24.8. The van der Waals surface area contributed by atoms with Crippen LogP contribution in [0.15, 0.2) is 78.9 Å². The van der Waals surface area contributed by atoms with E-state index in [0.29, 0.717) is 24.3 Å². The van der Waals surface area contributed by atoms with Gasteiger partial charge in [-0.1, -0.05) is 75.5 Å². The number of hydrogen-bond acceptors (Lipinski definition) is 12. The number of carbonyl (C=O) groups excluding carboxylic acids is 5. The fraction of sp³-hybridized carbons (Fsp3) is 0.216. The summed E-state index contributed by atoms with van der Waals surface area (Å²) in [6.07, 6.45) is -0.546. The second-order valence-corrected chi connectivity index (χ2v) is 10.0. The second-order valence-electron chi connectivity index (χ2n) is 10.0. The largest absolute Gasteiger partial charge is 0.508 e. The average Bonchev–Trinajstić information content (AvgIpc) is 3.58.